The number of carbonyl (C=O) groups is 3. The van der Waals surface area contributed by atoms with Gasteiger partial charge in [0.2, 0.25) is 11.8 Å². The highest BCUT2D eigenvalue weighted by molar-refractivity contribution is 9.09. The van der Waals surface area contributed by atoms with Crippen LogP contribution in [0.25, 0.3) is 0 Å². The SMILES string of the molecule is C=CCN(Cc1ccccc1)C(=O)[C@H]1[C@@H]2OC3(CC2Br)C(C(=O)N(CC=C)c2cc(C)ccc2C)N(CCCO)C(=O)[C@H]13. The zero-order valence-corrected chi connectivity index (χ0v) is 26.4. The molecule has 5 rings (SSSR count). The van der Waals surface area contributed by atoms with E-state index in [1.807, 2.05) is 62.4 Å². The highest BCUT2D eigenvalue weighted by Crippen LogP contribution is 2.60. The van der Waals surface area contributed by atoms with Gasteiger partial charge in [0.1, 0.15) is 11.6 Å². The minimum atomic E-state index is -1.19. The molecule has 9 heteroatoms. The van der Waals surface area contributed by atoms with Gasteiger partial charge in [-0.15, -0.1) is 13.2 Å². The second-order valence-corrected chi connectivity index (χ2v) is 13.0. The molecule has 1 spiro atoms. The fourth-order valence-electron chi connectivity index (χ4n) is 7.17. The highest BCUT2D eigenvalue weighted by Gasteiger charge is 2.76. The number of fused-ring (bicyclic) bond motifs is 1. The number of hydrogen-bond donors (Lipinski definition) is 1. The maximum atomic E-state index is 14.7. The van der Waals surface area contributed by atoms with Crippen molar-refractivity contribution in [1.82, 2.24) is 9.80 Å². The average Bonchev–Trinajstić information content (AvgIpc) is 3.59. The summed E-state index contributed by atoms with van der Waals surface area (Å²) >= 11 is 3.77. The third kappa shape index (κ3) is 5.47. The molecule has 8 nitrogen and oxygen atoms in total. The molecule has 2 bridgehead atoms. The molecular weight excluding hydrogens is 610 g/mol. The first-order valence-electron chi connectivity index (χ1n) is 14.8. The predicted molar refractivity (Wildman–Crippen MR) is 170 cm³/mol. The lowest BCUT2D eigenvalue weighted by atomic mass is 9.70. The largest absolute Gasteiger partial charge is 0.396 e. The molecule has 2 aromatic rings. The fraction of sp³-hybridized carbons (Fsp3) is 0.441. The Bertz CT molecular complexity index is 1400. The number of alkyl halides is 1. The van der Waals surface area contributed by atoms with Gasteiger partial charge in [0, 0.05) is 43.3 Å². The summed E-state index contributed by atoms with van der Waals surface area (Å²) in [6.45, 7) is 12.7. The van der Waals surface area contributed by atoms with E-state index in [1.54, 1.807) is 26.9 Å². The minimum Gasteiger partial charge on any atom is -0.396 e. The van der Waals surface area contributed by atoms with Crippen LogP contribution < -0.4 is 4.90 Å². The van der Waals surface area contributed by atoms with Crippen molar-refractivity contribution >= 4 is 39.3 Å². The molecule has 0 saturated carbocycles. The number of nitrogens with zero attached hydrogens (tertiary/aromatic N) is 3. The summed E-state index contributed by atoms with van der Waals surface area (Å²) in [4.78, 5) is 48.2. The van der Waals surface area contributed by atoms with E-state index in [0.717, 1.165) is 22.4 Å². The Hall–Kier alpha value is -3.27. The maximum absolute atomic E-state index is 14.7. The van der Waals surface area contributed by atoms with Gasteiger partial charge in [-0.25, -0.2) is 0 Å². The van der Waals surface area contributed by atoms with E-state index in [0.29, 0.717) is 25.9 Å². The van der Waals surface area contributed by atoms with Crippen LogP contribution in [0.2, 0.25) is 0 Å². The minimum absolute atomic E-state index is 0.132. The van der Waals surface area contributed by atoms with Crippen molar-refractivity contribution in [2.24, 2.45) is 11.8 Å². The molecule has 1 N–H and O–H groups in total. The molecular formula is C34H40BrN3O5. The van der Waals surface area contributed by atoms with Crippen molar-refractivity contribution in [1.29, 1.82) is 0 Å². The van der Waals surface area contributed by atoms with Crippen LogP contribution in [0.3, 0.4) is 0 Å². The molecule has 0 aliphatic carbocycles. The van der Waals surface area contributed by atoms with Crippen LogP contribution in [-0.4, -0.2) is 81.4 Å². The van der Waals surface area contributed by atoms with Crippen molar-refractivity contribution in [3.05, 3.63) is 90.5 Å². The maximum Gasteiger partial charge on any atom is 0.253 e. The molecule has 3 fully saturated rings. The summed E-state index contributed by atoms with van der Waals surface area (Å²) in [7, 11) is 0. The van der Waals surface area contributed by atoms with Crippen LogP contribution in [0, 0.1) is 25.7 Å². The van der Waals surface area contributed by atoms with E-state index < -0.39 is 29.6 Å². The van der Waals surface area contributed by atoms with Crippen molar-refractivity contribution in [3.8, 4) is 0 Å². The first kappa shape index (κ1) is 31.2. The number of rotatable bonds is 12. The van der Waals surface area contributed by atoms with Crippen LogP contribution >= 0.6 is 15.9 Å². The summed E-state index contributed by atoms with van der Waals surface area (Å²) in [6, 6.07) is 14.7. The van der Waals surface area contributed by atoms with Crippen LogP contribution in [0.1, 0.15) is 29.5 Å². The topological polar surface area (TPSA) is 90.4 Å². The number of halogens is 1. The van der Waals surface area contributed by atoms with Crippen molar-refractivity contribution in [3.63, 3.8) is 0 Å². The number of amides is 3. The molecule has 6 atom stereocenters. The van der Waals surface area contributed by atoms with E-state index in [4.69, 9.17) is 4.74 Å². The highest BCUT2D eigenvalue weighted by atomic mass is 79.9. The molecule has 3 unspecified atom stereocenters. The Labute approximate surface area is 262 Å². The van der Waals surface area contributed by atoms with E-state index in [1.165, 1.54) is 0 Å². The molecule has 3 aliphatic rings. The number of aryl methyl sites for hydroxylation is 2. The van der Waals surface area contributed by atoms with Gasteiger partial charge >= 0.3 is 0 Å². The molecule has 0 aromatic heterocycles. The van der Waals surface area contributed by atoms with Gasteiger partial charge in [0.05, 0.1) is 17.9 Å². The third-order valence-electron chi connectivity index (χ3n) is 8.98. The van der Waals surface area contributed by atoms with E-state index in [-0.39, 0.29) is 42.2 Å². The summed E-state index contributed by atoms with van der Waals surface area (Å²) in [5.74, 6) is -2.32. The lowest BCUT2D eigenvalue weighted by Gasteiger charge is -2.37. The number of benzene rings is 2. The smallest absolute Gasteiger partial charge is 0.253 e. The lowest BCUT2D eigenvalue weighted by Crippen LogP contribution is -2.57. The molecule has 228 valence electrons. The van der Waals surface area contributed by atoms with Crippen LogP contribution in [0.5, 0.6) is 0 Å². The standard InChI is InChI=1S/C34H40BrN3O5/c1-5-15-36(21-24-11-8-7-9-12-24)31(40)27-28-32(41)38(17-10-18-39)30(34(28)20-25(35)29(27)43-34)33(42)37(16-6-2)26-19-22(3)13-14-23(26)4/h5-9,11-14,19,25,27-30,39H,1-2,10,15-18,20-21H2,3-4H3/t25?,27-,28+,29-,30?,34?/m1/s1. The van der Waals surface area contributed by atoms with E-state index in [2.05, 4.69) is 29.1 Å². The molecule has 3 heterocycles. The van der Waals surface area contributed by atoms with Gasteiger partial charge in [0.15, 0.2) is 0 Å². The van der Waals surface area contributed by atoms with Crippen molar-refractivity contribution < 1.29 is 24.2 Å². The average molecular weight is 651 g/mol. The first-order chi connectivity index (χ1) is 20.7. The molecule has 3 amide bonds. The molecule has 2 aromatic carbocycles. The summed E-state index contributed by atoms with van der Waals surface area (Å²) < 4.78 is 6.72. The van der Waals surface area contributed by atoms with Crippen LogP contribution in [0.15, 0.2) is 73.8 Å². The Morgan fingerprint density at radius 2 is 1.84 bits per heavy atom. The van der Waals surface area contributed by atoms with Gasteiger partial charge in [-0.1, -0.05) is 70.5 Å². The number of likely N-dealkylation sites (tertiary alicyclic amines) is 1. The van der Waals surface area contributed by atoms with E-state index >= 15 is 0 Å². The normalized spacial score (nSPS) is 27.2. The monoisotopic (exact) mass is 649 g/mol. The molecule has 3 saturated heterocycles. The zero-order chi connectivity index (χ0) is 30.9. The summed E-state index contributed by atoms with van der Waals surface area (Å²) in [5.41, 5.74) is 2.45. The fourth-order valence-corrected chi connectivity index (χ4v) is 8.11. The van der Waals surface area contributed by atoms with Gasteiger partial charge in [0.25, 0.3) is 5.91 Å². The second kappa shape index (κ2) is 12.8. The van der Waals surface area contributed by atoms with Gasteiger partial charge in [-0.3, -0.25) is 14.4 Å². The predicted octanol–water partition coefficient (Wildman–Crippen LogP) is 4.17. The van der Waals surface area contributed by atoms with Gasteiger partial charge in [-0.2, -0.15) is 0 Å². The van der Waals surface area contributed by atoms with Gasteiger partial charge < -0.3 is 24.5 Å². The zero-order valence-electron chi connectivity index (χ0n) is 24.8. The lowest BCUT2D eigenvalue weighted by molar-refractivity contribution is -0.145. The van der Waals surface area contributed by atoms with Crippen LogP contribution in [-0.2, 0) is 25.7 Å². The Morgan fingerprint density at radius 3 is 2.51 bits per heavy atom. The summed E-state index contributed by atoms with van der Waals surface area (Å²) in [6.07, 6.45) is 3.52. The summed E-state index contributed by atoms with van der Waals surface area (Å²) in [5, 5.41) is 9.71. The number of anilines is 1. The van der Waals surface area contributed by atoms with Crippen molar-refractivity contribution in [2.45, 2.75) is 55.8 Å². The Balaban J connectivity index is 1.56. The van der Waals surface area contributed by atoms with E-state index in [9.17, 15) is 19.5 Å². The molecule has 0 radical (unpaired) electrons. The second-order valence-electron chi connectivity index (χ2n) is 11.8. The number of ether oxygens (including phenoxy) is 1. The third-order valence-corrected chi connectivity index (χ3v) is 9.82. The quantitative estimate of drug-likeness (QED) is 0.275. The number of carbonyl (C=O) groups excluding carboxylic acids is 3. The number of hydrogen-bond acceptors (Lipinski definition) is 5. The number of aliphatic hydroxyl groups excluding tert-OH is 1. The van der Waals surface area contributed by atoms with Gasteiger partial charge in [-0.05, 0) is 49.4 Å². The Kier molecular flexibility index (Phi) is 9.25. The number of aliphatic hydroxyl groups is 1. The molecule has 43 heavy (non-hydrogen) atoms. The van der Waals surface area contributed by atoms with Crippen LogP contribution in [0.4, 0.5) is 5.69 Å². The van der Waals surface area contributed by atoms with Crippen molar-refractivity contribution in [2.75, 3.05) is 31.1 Å². The molecule has 3 aliphatic heterocycles. The first-order valence-corrected chi connectivity index (χ1v) is 15.8. The Morgan fingerprint density at radius 1 is 1.12 bits per heavy atom.